The summed E-state index contributed by atoms with van der Waals surface area (Å²) in [7, 11) is 1.28. The molecule has 2 aromatic rings. The van der Waals surface area contributed by atoms with Gasteiger partial charge in [0.15, 0.2) is 0 Å². The fraction of sp³-hybridized carbons (Fsp3) is 0.300. The Hall–Kier alpha value is -2.77. The zero-order chi connectivity index (χ0) is 20.9. The minimum absolute atomic E-state index is 0.194. The lowest BCUT2D eigenvalue weighted by Gasteiger charge is -2.21. The molecule has 0 saturated heterocycles. The third kappa shape index (κ3) is 5.87. The van der Waals surface area contributed by atoms with Crippen molar-refractivity contribution in [1.29, 1.82) is 0 Å². The molecule has 0 spiro atoms. The molecule has 7 nitrogen and oxygen atoms in total. The second kappa shape index (κ2) is 8.95. The average molecular weight is 407 g/mol. The minimum Gasteiger partial charge on any atom is -0.465 e. The van der Waals surface area contributed by atoms with Crippen molar-refractivity contribution < 1.29 is 24.2 Å². The van der Waals surface area contributed by atoms with Crippen LogP contribution in [0.15, 0.2) is 36.4 Å². The molecule has 150 valence electrons. The Morgan fingerprint density at radius 3 is 2.39 bits per heavy atom. The second-order valence-electron chi connectivity index (χ2n) is 6.97. The number of rotatable bonds is 5. The van der Waals surface area contributed by atoms with Crippen molar-refractivity contribution >= 4 is 40.7 Å². The van der Waals surface area contributed by atoms with E-state index in [-0.39, 0.29) is 12.2 Å². The Balaban J connectivity index is 2.41. The van der Waals surface area contributed by atoms with Gasteiger partial charge in [0.25, 0.3) is 0 Å². The number of aliphatic hydroxyl groups is 1. The number of halogens is 1. The number of esters is 1. The maximum Gasteiger partial charge on any atom is 0.412 e. The lowest BCUT2D eigenvalue weighted by molar-refractivity contribution is 0.0599. The largest absolute Gasteiger partial charge is 0.465 e. The molecular formula is C20H23ClN2O5. The van der Waals surface area contributed by atoms with Crippen LogP contribution in [0.3, 0.4) is 0 Å². The van der Waals surface area contributed by atoms with Gasteiger partial charge < -0.3 is 19.9 Å². The predicted molar refractivity (Wildman–Crippen MR) is 108 cm³/mol. The van der Waals surface area contributed by atoms with Crippen LogP contribution in [0.5, 0.6) is 0 Å². The number of amides is 1. The Bertz CT molecular complexity index is 877. The number of carbonyl (C=O) groups excluding carboxylic acids is 2. The van der Waals surface area contributed by atoms with Gasteiger partial charge in [-0.3, -0.25) is 5.32 Å². The minimum atomic E-state index is -0.659. The third-order valence-corrected chi connectivity index (χ3v) is 3.79. The summed E-state index contributed by atoms with van der Waals surface area (Å²) in [5.74, 6) is -0.542. The summed E-state index contributed by atoms with van der Waals surface area (Å²) in [6.45, 7) is 5.08. The maximum absolute atomic E-state index is 12.2. The Kier molecular flexibility index (Phi) is 6.88. The first-order chi connectivity index (χ1) is 13.1. The van der Waals surface area contributed by atoms with E-state index in [1.54, 1.807) is 51.1 Å². The molecule has 0 unspecified atom stereocenters. The summed E-state index contributed by atoms with van der Waals surface area (Å²) in [6.07, 6.45) is -0.633. The molecule has 0 heterocycles. The zero-order valence-electron chi connectivity index (χ0n) is 16.1. The van der Waals surface area contributed by atoms with Gasteiger partial charge in [-0.05, 0) is 56.7 Å². The van der Waals surface area contributed by atoms with E-state index in [9.17, 15) is 14.7 Å². The van der Waals surface area contributed by atoms with E-state index < -0.39 is 17.7 Å². The second-order valence-corrected chi connectivity index (χ2v) is 7.41. The molecule has 0 saturated carbocycles. The summed E-state index contributed by atoms with van der Waals surface area (Å²) < 4.78 is 10.1. The molecule has 0 fully saturated rings. The molecule has 0 bridgehead atoms. The molecule has 1 amide bonds. The van der Waals surface area contributed by atoms with Crippen LogP contribution in [0.4, 0.5) is 21.9 Å². The van der Waals surface area contributed by atoms with Gasteiger partial charge in [-0.15, -0.1) is 0 Å². The van der Waals surface area contributed by atoms with Gasteiger partial charge in [-0.1, -0.05) is 17.7 Å². The number of carbonyl (C=O) groups is 2. The maximum atomic E-state index is 12.2. The van der Waals surface area contributed by atoms with Crippen LogP contribution in [0, 0.1) is 0 Å². The lowest BCUT2D eigenvalue weighted by atomic mass is 10.1. The fourth-order valence-electron chi connectivity index (χ4n) is 2.37. The summed E-state index contributed by atoms with van der Waals surface area (Å²) in [5, 5.41) is 15.6. The summed E-state index contributed by atoms with van der Waals surface area (Å²) >= 11 is 6.06. The molecule has 0 aliphatic rings. The highest BCUT2D eigenvalue weighted by Gasteiger charge is 2.19. The van der Waals surface area contributed by atoms with Crippen LogP contribution in [0.1, 0.15) is 36.7 Å². The molecule has 0 aromatic heterocycles. The predicted octanol–water partition coefficient (Wildman–Crippen LogP) is 4.71. The third-order valence-electron chi connectivity index (χ3n) is 3.56. The standard InChI is InChI=1S/C20H23ClN2O5/c1-20(2,3)28-19(26)23-15-8-5-12(11-24)9-17(15)22-16-10-13(21)6-7-14(16)18(25)27-4/h5-10,22,24H,11H2,1-4H3,(H,23,26). The van der Waals surface area contributed by atoms with Crippen molar-refractivity contribution in [2.75, 3.05) is 17.7 Å². The van der Waals surface area contributed by atoms with E-state index in [0.717, 1.165) is 0 Å². The fourth-order valence-corrected chi connectivity index (χ4v) is 2.54. The lowest BCUT2D eigenvalue weighted by Crippen LogP contribution is -2.27. The molecule has 8 heteroatoms. The molecule has 3 N–H and O–H groups in total. The molecule has 0 aliphatic carbocycles. The number of aliphatic hydroxyl groups excluding tert-OH is 1. The monoisotopic (exact) mass is 406 g/mol. The van der Waals surface area contributed by atoms with Crippen LogP contribution in [-0.2, 0) is 16.1 Å². The molecular weight excluding hydrogens is 384 g/mol. The Labute approximate surface area is 168 Å². The molecule has 0 radical (unpaired) electrons. The first-order valence-corrected chi connectivity index (χ1v) is 8.89. The molecule has 2 aromatic carbocycles. The highest BCUT2D eigenvalue weighted by Crippen LogP contribution is 2.31. The SMILES string of the molecule is COC(=O)c1ccc(Cl)cc1Nc1cc(CO)ccc1NC(=O)OC(C)(C)C. The van der Waals surface area contributed by atoms with Crippen molar-refractivity contribution in [3.05, 3.63) is 52.5 Å². The molecule has 0 aliphatic heterocycles. The van der Waals surface area contributed by atoms with Crippen molar-refractivity contribution in [2.45, 2.75) is 33.0 Å². The zero-order valence-corrected chi connectivity index (χ0v) is 16.9. The van der Waals surface area contributed by atoms with Gasteiger partial charge in [-0.2, -0.15) is 0 Å². The van der Waals surface area contributed by atoms with E-state index in [2.05, 4.69) is 10.6 Å². The summed E-state index contributed by atoms with van der Waals surface area (Å²) in [6, 6.07) is 9.61. The van der Waals surface area contributed by atoms with Gasteiger partial charge >= 0.3 is 12.1 Å². The quantitative estimate of drug-likeness (QED) is 0.622. The van der Waals surface area contributed by atoms with Crippen molar-refractivity contribution in [2.24, 2.45) is 0 Å². The van der Waals surface area contributed by atoms with Crippen LogP contribution in [-0.4, -0.2) is 29.9 Å². The van der Waals surface area contributed by atoms with Gasteiger partial charge in [0.05, 0.1) is 36.3 Å². The van der Waals surface area contributed by atoms with Gasteiger partial charge in [0, 0.05) is 5.02 Å². The average Bonchev–Trinajstić information content (AvgIpc) is 2.61. The van der Waals surface area contributed by atoms with E-state index in [1.807, 2.05) is 0 Å². The first kappa shape index (κ1) is 21.5. The highest BCUT2D eigenvalue weighted by molar-refractivity contribution is 6.31. The number of methoxy groups -OCH3 is 1. The van der Waals surface area contributed by atoms with Crippen molar-refractivity contribution in [3.63, 3.8) is 0 Å². The van der Waals surface area contributed by atoms with E-state index in [1.165, 1.54) is 13.2 Å². The van der Waals surface area contributed by atoms with E-state index in [4.69, 9.17) is 21.1 Å². The molecule has 0 atom stereocenters. The molecule has 28 heavy (non-hydrogen) atoms. The normalized spacial score (nSPS) is 10.9. The van der Waals surface area contributed by atoms with Crippen molar-refractivity contribution in [1.82, 2.24) is 0 Å². The summed E-state index contributed by atoms with van der Waals surface area (Å²) in [5.41, 5.74) is 1.46. The number of anilines is 3. The van der Waals surface area contributed by atoms with Gasteiger partial charge in [0.1, 0.15) is 5.60 Å². The van der Waals surface area contributed by atoms with Crippen LogP contribution >= 0.6 is 11.6 Å². The topological polar surface area (TPSA) is 96.9 Å². The van der Waals surface area contributed by atoms with Crippen LogP contribution in [0.25, 0.3) is 0 Å². The van der Waals surface area contributed by atoms with Gasteiger partial charge in [0.2, 0.25) is 0 Å². The van der Waals surface area contributed by atoms with Crippen LogP contribution < -0.4 is 10.6 Å². The number of ether oxygens (including phenoxy) is 2. The Morgan fingerprint density at radius 1 is 1.07 bits per heavy atom. The van der Waals surface area contributed by atoms with Gasteiger partial charge in [-0.25, -0.2) is 9.59 Å². The number of hydrogen-bond donors (Lipinski definition) is 3. The Morgan fingerprint density at radius 2 is 1.79 bits per heavy atom. The highest BCUT2D eigenvalue weighted by atomic mass is 35.5. The van der Waals surface area contributed by atoms with E-state index >= 15 is 0 Å². The smallest absolute Gasteiger partial charge is 0.412 e. The summed E-state index contributed by atoms with van der Waals surface area (Å²) in [4.78, 5) is 24.2. The number of benzene rings is 2. The molecule has 2 rings (SSSR count). The van der Waals surface area contributed by atoms with E-state index in [0.29, 0.717) is 27.6 Å². The number of nitrogens with one attached hydrogen (secondary N) is 2. The first-order valence-electron chi connectivity index (χ1n) is 8.51. The van der Waals surface area contributed by atoms with Crippen molar-refractivity contribution in [3.8, 4) is 0 Å². The van der Waals surface area contributed by atoms with Crippen LogP contribution in [0.2, 0.25) is 5.02 Å². The number of hydrogen-bond acceptors (Lipinski definition) is 6.